The molecule has 0 spiro atoms. The standard InChI is InChI=1S/C16H12BrN3O5/c1-8-15(21)19-12-7-10(3-5-14(12)25-8)18-16(22)9-2-4-11(17)13(6-9)20(23)24/h2-8H,1H3,(H,18,22)(H,19,21)/t8-/m1/s1. The van der Waals surface area contributed by atoms with Gasteiger partial charge in [-0.05, 0) is 53.2 Å². The maximum atomic E-state index is 12.3. The molecule has 0 unspecified atom stereocenters. The van der Waals surface area contributed by atoms with Gasteiger partial charge >= 0.3 is 0 Å². The summed E-state index contributed by atoms with van der Waals surface area (Å²) in [4.78, 5) is 34.4. The number of carbonyl (C=O) groups is 2. The third-order valence-corrected chi connectivity index (χ3v) is 4.24. The normalized spacial score (nSPS) is 15.6. The van der Waals surface area contributed by atoms with Gasteiger partial charge in [-0.3, -0.25) is 19.7 Å². The number of ether oxygens (including phenoxy) is 1. The molecule has 2 amide bonds. The molecule has 1 aliphatic heterocycles. The lowest BCUT2D eigenvalue weighted by atomic mass is 10.1. The van der Waals surface area contributed by atoms with Crippen molar-refractivity contribution in [1.82, 2.24) is 0 Å². The van der Waals surface area contributed by atoms with Crippen LogP contribution in [0.3, 0.4) is 0 Å². The Bertz CT molecular complexity index is 899. The second-order valence-corrected chi connectivity index (χ2v) is 6.19. The first kappa shape index (κ1) is 16.9. The SMILES string of the molecule is C[C@H]1Oc2ccc(NC(=O)c3ccc(Br)c([N+](=O)[O-])c3)cc2NC1=O. The van der Waals surface area contributed by atoms with E-state index in [1.165, 1.54) is 18.2 Å². The van der Waals surface area contributed by atoms with Crippen LogP contribution in [0.5, 0.6) is 5.75 Å². The first-order valence-electron chi connectivity index (χ1n) is 7.22. The van der Waals surface area contributed by atoms with Crippen molar-refractivity contribution < 1.29 is 19.2 Å². The molecule has 0 saturated carbocycles. The number of anilines is 2. The maximum Gasteiger partial charge on any atom is 0.284 e. The lowest BCUT2D eigenvalue weighted by Gasteiger charge is -2.23. The molecule has 1 aliphatic rings. The Labute approximate surface area is 150 Å². The van der Waals surface area contributed by atoms with Gasteiger partial charge in [0, 0.05) is 17.3 Å². The minimum Gasteiger partial charge on any atom is -0.479 e. The molecule has 128 valence electrons. The summed E-state index contributed by atoms with van der Waals surface area (Å²) < 4.78 is 5.73. The predicted molar refractivity (Wildman–Crippen MR) is 93.9 cm³/mol. The largest absolute Gasteiger partial charge is 0.479 e. The second-order valence-electron chi connectivity index (χ2n) is 5.34. The summed E-state index contributed by atoms with van der Waals surface area (Å²) in [7, 11) is 0. The van der Waals surface area contributed by atoms with Gasteiger partial charge in [0.1, 0.15) is 5.75 Å². The quantitative estimate of drug-likeness (QED) is 0.600. The van der Waals surface area contributed by atoms with Gasteiger partial charge in [0.15, 0.2) is 6.10 Å². The molecule has 2 aromatic carbocycles. The van der Waals surface area contributed by atoms with Crippen LogP contribution < -0.4 is 15.4 Å². The molecule has 1 heterocycles. The van der Waals surface area contributed by atoms with Gasteiger partial charge in [-0.25, -0.2) is 0 Å². The fourth-order valence-electron chi connectivity index (χ4n) is 2.28. The van der Waals surface area contributed by atoms with Gasteiger partial charge in [-0.2, -0.15) is 0 Å². The third-order valence-electron chi connectivity index (χ3n) is 3.57. The number of fused-ring (bicyclic) bond motifs is 1. The lowest BCUT2D eigenvalue weighted by molar-refractivity contribution is -0.385. The summed E-state index contributed by atoms with van der Waals surface area (Å²) in [6, 6.07) is 8.90. The van der Waals surface area contributed by atoms with Crippen LogP contribution >= 0.6 is 15.9 Å². The molecule has 25 heavy (non-hydrogen) atoms. The molecule has 0 aliphatic carbocycles. The maximum absolute atomic E-state index is 12.3. The van der Waals surface area contributed by atoms with Gasteiger partial charge in [0.25, 0.3) is 17.5 Å². The Morgan fingerprint density at radius 3 is 2.80 bits per heavy atom. The Morgan fingerprint density at radius 1 is 1.32 bits per heavy atom. The van der Waals surface area contributed by atoms with Crippen LogP contribution in [0, 0.1) is 10.1 Å². The van der Waals surface area contributed by atoms with Crippen molar-refractivity contribution in [3.63, 3.8) is 0 Å². The van der Waals surface area contributed by atoms with E-state index < -0.39 is 16.9 Å². The molecule has 0 radical (unpaired) electrons. The number of halogens is 1. The highest BCUT2D eigenvalue weighted by Gasteiger charge is 2.24. The van der Waals surface area contributed by atoms with Crippen LogP contribution in [-0.4, -0.2) is 22.8 Å². The highest BCUT2D eigenvalue weighted by atomic mass is 79.9. The van der Waals surface area contributed by atoms with Gasteiger partial charge < -0.3 is 15.4 Å². The number of benzene rings is 2. The van der Waals surface area contributed by atoms with E-state index >= 15 is 0 Å². The van der Waals surface area contributed by atoms with Crippen molar-refractivity contribution in [3.8, 4) is 5.75 Å². The van der Waals surface area contributed by atoms with Crippen molar-refractivity contribution in [2.75, 3.05) is 10.6 Å². The fraction of sp³-hybridized carbons (Fsp3) is 0.125. The van der Waals surface area contributed by atoms with Crippen molar-refractivity contribution in [3.05, 3.63) is 56.5 Å². The van der Waals surface area contributed by atoms with E-state index in [-0.39, 0.29) is 21.6 Å². The number of amides is 2. The highest BCUT2D eigenvalue weighted by Crippen LogP contribution is 2.32. The lowest BCUT2D eigenvalue weighted by Crippen LogP contribution is -2.34. The molecule has 2 aromatic rings. The summed E-state index contributed by atoms with van der Waals surface area (Å²) >= 11 is 3.07. The summed E-state index contributed by atoms with van der Waals surface area (Å²) in [5.41, 5.74) is 0.810. The van der Waals surface area contributed by atoms with Crippen LogP contribution in [0.1, 0.15) is 17.3 Å². The average molecular weight is 406 g/mol. The first-order valence-corrected chi connectivity index (χ1v) is 8.01. The summed E-state index contributed by atoms with van der Waals surface area (Å²) in [5.74, 6) is -0.282. The van der Waals surface area contributed by atoms with E-state index in [0.29, 0.717) is 17.1 Å². The van der Waals surface area contributed by atoms with Gasteiger partial charge in [0.05, 0.1) is 15.1 Å². The van der Waals surface area contributed by atoms with E-state index in [1.54, 1.807) is 25.1 Å². The minimum absolute atomic E-state index is 0.140. The van der Waals surface area contributed by atoms with E-state index in [1.807, 2.05) is 0 Å². The van der Waals surface area contributed by atoms with Gasteiger partial charge in [0.2, 0.25) is 0 Å². The number of carbonyl (C=O) groups excluding carboxylic acids is 2. The monoisotopic (exact) mass is 405 g/mol. The van der Waals surface area contributed by atoms with Gasteiger partial charge in [-0.1, -0.05) is 0 Å². The summed E-state index contributed by atoms with van der Waals surface area (Å²) in [6.07, 6.45) is -0.587. The van der Waals surface area contributed by atoms with E-state index in [9.17, 15) is 19.7 Å². The van der Waals surface area contributed by atoms with Crippen LogP contribution in [0.4, 0.5) is 17.1 Å². The van der Waals surface area contributed by atoms with Crippen LogP contribution in [0.25, 0.3) is 0 Å². The van der Waals surface area contributed by atoms with Crippen molar-refractivity contribution in [1.29, 1.82) is 0 Å². The molecule has 0 bridgehead atoms. The number of nitro groups is 1. The van der Waals surface area contributed by atoms with Gasteiger partial charge in [-0.15, -0.1) is 0 Å². The molecule has 8 nitrogen and oxygen atoms in total. The average Bonchev–Trinajstić information content (AvgIpc) is 2.56. The number of nitro benzene ring substituents is 1. The Balaban J connectivity index is 1.82. The molecular weight excluding hydrogens is 394 g/mol. The van der Waals surface area contributed by atoms with Crippen molar-refractivity contribution in [2.24, 2.45) is 0 Å². The molecule has 0 fully saturated rings. The van der Waals surface area contributed by atoms with E-state index in [2.05, 4.69) is 26.6 Å². The second kappa shape index (κ2) is 6.52. The minimum atomic E-state index is -0.587. The summed E-state index contributed by atoms with van der Waals surface area (Å²) in [6.45, 7) is 1.63. The molecule has 9 heteroatoms. The summed E-state index contributed by atoms with van der Waals surface area (Å²) in [5, 5.41) is 16.3. The Kier molecular flexibility index (Phi) is 4.41. The molecule has 2 N–H and O–H groups in total. The Morgan fingerprint density at radius 2 is 2.08 bits per heavy atom. The zero-order chi connectivity index (χ0) is 18.1. The number of nitrogens with zero attached hydrogens (tertiary/aromatic N) is 1. The molecular formula is C16H12BrN3O5. The fourth-order valence-corrected chi connectivity index (χ4v) is 2.68. The predicted octanol–water partition coefficient (Wildman–Crippen LogP) is 3.33. The first-order chi connectivity index (χ1) is 11.8. The highest BCUT2D eigenvalue weighted by molar-refractivity contribution is 9.10. The number of hydrogen-bond donors (Lipinski definition) is 2. The molecule has 1 atom stereocenters. The van der Waals surface area contributed by atoms with Crippen LogP contribution in [0.15, 0.2) is 40.9 Å². The molecule has 0 aromatic heterocycles. The number of nitrogens with one attached hydrogen (secondary N) is 2. The molecule has 0 saturated heterocycles. The topological polar surface area (TPSA) is 111 Å². The smallest absolute Gasteiger partial charge is 0.284 e. The van der Waals surface area contributed by atoms with Crippen molar-refractivity contribution >= 4 is 44.8 Å². The van der Waals surface area contributed by atoms with E-state index in [4.69, 9.17) is 4.74 Å². The molecule has 3 rings (SSSR count). The van der Waals surface area contributed by atoms with Crippen LogP contribution in [0.2, 0.25) is 0 Å². The van der Waals surface area contributed by atoms with Crippen molar-refractivity contribution in [2.45, 2.75) is 13.0 Å². The number of hydrogen-bond acceptors (Lipinski definition) is 5. The number of rotatable bonds is 3. The zero-order valence-corrected chi connectivity index (χ0v) is 14.5. The van der Waals surface area contributed by atoms with Crippen LogP contribution in [-0.2, 0) is 4.79 Å². The zero-order valence-electron chi connectivity index (χ0n) is 12.9. The third kappa shape index (κ3) is 3.45. The van der Waals surface area contributed by atoms with E-state index in [0.717, 1.165) is 0 Å². The Hall–Kier alpha value is -2.94.